The largest absolute Gasteiger partial charge is 0.489 e. The first kappa shape index (κ1) is 28.5. The Labute approximate surface area is 231 Å². The first-order chi connectivity index (χ1) is 18.6. The van der Waals surface area contributed by atoms with Crippen LogP contribution in [0.15, 0.2) is 59.3 Å². The predicted molar refractivity (Wildman–Crippen MR) is 152 cm³/mol. The number of carbonyl (C=O) groups excluding carboxylic acids is 1. The van der Waals surface area contributed by atoms with Crippen molar-refractivity contribution in [1.29, 1.82) is 0 Å². The molecule has 0 aliphatic carbocycles. The SMILES string of the molecule is CCOC(=O)Cc1ccc(C)cc1OCc1cc(-c2ccnc(CC[S@](=O)C(C)(C)C)c2F)c2occc2c1. The van der Waals surface area contributed by atoms with Gasteiger partial charge in [-0.2, -0.15) is 0 Å². The second kappa shape index (κ2) is 12.1. The minimum atomic E-state index is -1.12. The average molecular weight is 552 g/mol. The molecule has 8 heteroatoms. The van der Waals surface area contributed by atoms with Gasteiger partial charge in [0.25, 0.3) is 0 Å². The molecule has 0 spiro atoms. The summed E-state index contributed by atoms with van der Waals surface area (Å²) < 4.78 is 44.9. The summed E-state index contributed by atoms with van der Waals surface area (Å²) in [7, 11) is -1.12. The van der Waals surface area contributed by atoms with E-state index in [0.29, 0.717) is 34.8 Å². The Bertz CT molecular complexity index is 1500. The minimum Gasteiger partial charge on any atom is -0.489 e. The molecule has 0 aliphatic rings. The maximum Gasteiger partial charge on any atom is 0.310 e. The van der Waals surface area contributed by atoms with E-state index in [9.17, 15) is 9.00 Å². The topological polar surface area (TPSA) is 78.6 Å². The average Bonchev–Trinajstić information content (AvgIpc) is 3.36. The van der Waals surface area contributed by atoms with Gasteiger partial charge in [-0.1, -0.05) is 12.1 Å². The van der Waals surface area contributed by atoms with Crippen molar-refractivity contribution in [3.8, 4) is 16.9 Å². The quantitative estimate of drug-likeness (QED) is 0.204. The lowest BCUT2D eigenvalue weighted by Crippen LogP contribution is -2.25. The summed E-state index contributed by atoms with van der Waals surface area (Å²) in [6.45, 7) is 9.96. The lowest BCUT2D eigenvalue weighted by molar-refractivity contribution is -0.142. The number of fused-ring (bicyclic) bond motifs is 1. The van der Waals surface area contributed by atoms with Gasteiger partial charge in [-0.05, 0) is 76.1 Å². The fourth-order valence-electron chi connectivity index (χ4n) is 4.26. The summed E-state index contributed by atoms with van der Waals surface area (Å²) in [5, 5.41) is 0.814. The molecule has 6 nitrogen and oxygen atoms in total. The molecule has 0 N–H and O–H groups in total. The van der Waals surface area contributed by atoms with Crippen molar-refractivity contribution in [2.75, 3.05) is 12.4 Å². The molecule has 39 heavy (non-hydrogen) atoms. The normalized spacial score (nSPS) is 12.5. The van der Waals surface area contributed by atoms with E-state index in [1.54, 1.807) is 25.5 Å². The van der Waals surface area contributed by atoms with Crippen LogP contribution < -0.4 is 4.74 Å². The summed E-state index contributed by atoms with van der Waals surface area (Å²) in [5.74, 6) is 0.158. The van der Waals surface area contributed by atoms with Gasteiger partial charge in [0.15, 0.2) is 5.82 Å². The third-order valence-corrected chi connectivity index (χ3v) is 8.27. The van der Waals surface area contributed by atoms with Crippen molar-refractivity contribution < 1.29 is 27.3 Å². The Balaban J connectivity index is 1.63. The molecule has 0 radical (unpaired) electrons. The van der Waals surface area contributed by atoms with Gasteiger partial charge < -0.3 is 13.9 Å². The zero-order chi connectivity index (χ0) is 28.2. The van der Waals surface area contributed by atoms with E-state index in [1.807, 2.05) is 64.1 Å². The van der Waals surface area contributed by atoms with Gasteiger partial charge in [0.2, 0.25) is 0 Å². The Kier molecular flexibility index (Phi) is 8.85. The van der Waals surface area contributed by atoms with Crippen molar-refractivity contribution in [1.82, 2.24) is 4.98 Å². The van der Waals surface area contributed by atoms with E-state index in [-0.39, 0.29) is 35.9 Å². The minimum absolute atomic E-state index is 0.112. The fraction of sp³-hybridized carbons (Fsp3) is 0.355. The van der Waals surface area contributed by atoms with Crippen molar-refractivity contribution in [2.24, 2.45) is 0 Å². The van der Waals surface area contributed by atoms with Crippen LogP contribution in [0.1, 0.15) is 50.1 Å². The zero-order valence-electron chi connectivity index (χ0n) is 23.0. The molecule has 0 aliphatic heterocycles. The van der Waals surface area contributed by atoms with Crippen molar-refractivity contribution in [3.05, 3.63) is 83.1 Å². The fourth-order valence-corrected chi connectivity index (χ4v) is 5.25. The number of furan rings is 1. The first-order valence-corrected chi connectivity index (χ1v) is 14.3. The second-order valence-corrected chi connectivity index (χ2v) is 12.7. The van der Waals surface area contributed by atoms with Crippen molar-refractivity contribution in [3.63, 3.8) is 0 Å². The number of esters is 1. The highest BCUT2D eigenvalue weighted by molar-refractivity contribution is 7.86. The number of nitrogens with zero attached hydrogens (tertiary/aromatic N) is 1. The summed E-state index contributed by atoms with van der Waals surface area (Å²) in [6.07, 6.45) is 3.52. The Morgan fingerprint density at radius 3 is 2.64 bits per heavy atom. The van der Waals surface area contributed by atoms with Gasteiger partial charge in [0.05, 0.1) is 25.0 Å². The molecule has 2 aromatic carbocycles. The molecule has 0 amide bonds. The third kappa shape index (κ3) is 6.92. The van der Waals surface area contributed by atoms with Crippen LogP contribution in [0.4, 0.5) is 4.39 Å². The molecular weight excluding hydrogens is 517 g/mol. The highest BCUT2D eigenvalue weighted by Crippen LogP contribution is 2.34. The predicted octanol–water partition coefficient (Wildman–Crippen LogP) is 6.72. The smallest absolute Gasteiger partial charge is 0.310 e. The van der Waals surface area contributed by atoms with Crippen LogP contribution in [0.2, 0.25) is 0 Å². The number of aromatic nitrogens is 1. The van der Waals surface area contributed by atoms with Crippen LogP contribution in [0.25, 0.3) is 22.1 Å². The number of rotatable bonds is 10. The number of hydrogen-bond acceptors (Lipinski definition) is 6. The van der Waals surface area contributed by atoms with Crippen LogP contribution in [0, 0.1) is 12.7 Å². The molecule has 2 aromatic heterocycles. The van der Waals surface area contributed by atoms with E-state index in [2.05, 4.69) is 4.98 Å². The Morgan fingerprint density at radius 1 is 1.10 bits per heavy atom. The lowest BCUT2D eigenvalue weighted by atomic mass is 9.99. The summed E-state index contributed by atoms with van der Waals surface area (Å²) in [6, 6.07) is 12.9. The van der Waals surface area contributed by atoms with Crippen LogP contribution in [0.5, 0.6) is 5.75 Å². The number of ether oxygens (including phenoxy) is 2. The highest BCUT2D eigenvalue weighted by Gasteiger charge is 2.22. The number of pyridine rings is 1. The van der Waals surface area contributed by atoms with E-state index in [4.69, 9.17) is 13.9 Å². The molecule has 1 atom stereocenters. The standard InChI is InChI=1S/C31H34FNO5S/c1-6-36-28(34)18-22-8-7-20(2)15-27(22)38-19-21-16-23-10-13-37-30(23)25(17-21)24-9-12-33-26(29(24)32)11-14-39(35)31(3,4)5/h7-10,12-13,15-17H,6,11,14,18-19H2,1-5H3/t39-/m0/s1. The van der Waals surface area contributed by atoms with Crippen LogP contribution in [0.3, 0.4) is 0 Å². The molecule has 4 rings (SSSR count). The molecule has 0 fully saturated rings. The number of benzene rings is 2. The molecule has 0 saturated carbocycles. The second-order valence-electron chi connectivity index (χ2n) is 10.4. The van der Waals surface area contributed by atoms with Crippen LogP contribution in [-0.4, -0.2) is 32.3 Å². The molecule has 206 valence electrons. The molecule has 2 heterocycles. The molecule has 0 saturated heterocycles. The number of aryl methyl sites for hydroxylation is 2. The van der Waals surface area contributed by atoms with E-state index in [1.165, 1.54) is 0 Å². The maximum absolute atomic E-state index is 15.7. The third-order valence-electron chi connectivity index (χ3n) is 6.33. The number of hydrogen-bond donors (Lipinski definition) is 0. The number of carbonyl (C=O) groups is 1. The van der Waals surface area contributed by atoms with Gasteiger partial charge in [-0.15, -0.1) is 0 Å². The maximum atomic E-state index is 15.7. The van der Waals surface area contributed by atoms with E-state index >= 15 is 4.39 Å². The van der Waals surface area contributed by atoms with Gasteiger partial charge in [-0.25, -0.2) is 4.39 Å². The Morgan fingerprint density at radius 2 is 1.90 bits per heavy atom. The summed E-state index contributed by atoms with van der Waals surface area (Å²) in [5.41, 5.74) is 4.34. The summed E-state index contributed by atoms with van der Waals surface area (Å²) >= 11 is 0. The summed E-state index contributed by atoms with van der Waals surface area (Å²) in [4.78, 5) is 16.3. The molecule has 0 bridgehead atoms. The lowest BCUT2D eigenvalue weighted by Gasteiger charge is -2.17. The van der Waals surface area contributed by atoms with Crippen molar-refractivity contribution >= 4 is 27.7 Å². The van der Waals surface area contributed by atoms with E-state index in [0.717, 1.165) is 22.1 Å². The van der Waals surface area contributed by atoms with Crippen LogP contribution >= 0.6 is 0 Å². The monoisotopic (exact) mass is 551 g/mol. The van der Waals surface area contributed by atoms with Gasteiger partial charge >= 0.3 is 5.97 Å². The van der Waals surface area contributed by atoms with Gasteiger partial charge in [-0.3, -0.25) is 14.0 Å². The first-order valence-electron chi connectivity index (χ1n) is 13.0. The highest BCUT2D eigenvalue weighted by atomic mass is 32.2. The molecule has 0 unspecified atom stereocenters. The molecule has 4 aromatic rings. The Hall–Kier alpha value is -3.52. The van der Waals surface area contributed by atoms with Gasteiger partial charge in [0, 0.05) is 56.0 Å². The van der Waals surface area contributed by atoms with E-state index < -0.39 is 16.6 Å². The van der Waals surface area contributed by atoms with Gasteiger partial charge in [0.1, 0.15) is 17.9 Å². The van der Waals surface area contributed by atoms with Crippen molar-refractivity contribution in [2.45, 2.75) is 58.8 Å². The molecular formula is C31H34FNO5S. The zero-order valence-corrected chi connectivity index (χ0v) is 23.8. The van der Waals surface area contributed by atoms with Crippen LogP contribution in [-0.2, 0) is 39.8 Å². The number of halogens is 1.